The molecule has 0 saturated heterocycles. The second kappa shape index (κ2) is 5.76. The zero-order valence-electron chi connectivity index (χ0n) is 9.31. The molecule has 4 nitrogen and oxygen atoms in total. The van der Waals surface area contributed by atoms with Gasteiger partial charge in [-0.25, -0.2) is 4.79 Å². The quantitative estimate of drug-likeness (QED) is 0.689. The molecule has 17 heavy (non-hydrogen) atoms. The lowest BCUT2D eigenvalue weighted by atomic mass is 10.2. The van der Waals surface area contributed by atoms with E-state index in [-0.39, 0.29) is 39.1 Å². The van der Waals surface area contributed by atoms with Gasteiger partial charge in [-0.05, 0) is 17.5 Å². The molecule has 0 atom stereocenters. The lowest BCUT2D eigenvalue weighted by molar-refractivity contribution is -0.380. The number of halogens is 3. The molecule has 1 aromatic heterocycles. The highest BCUT2D eigenvalue weighted by molar-refractivity contribution is 6.45. The topological polar surface area (TPSA) is 66.5 Å². The molecular formula is C10H12Cl3N2O2+. The number of H-pyrrole nitrogens is 1. The minimum Gasteiger partial charge on any atom is -0.457 e. The van der Waals surface area contributed by atoms with Crippen LogP contribution in [0, 0.1) is 5.92 Å². The Morgan fingerprint density at radius 1 is 1.35 bits per heavy atom. The number of carbonyl (C=O) groups excluding carboxylic acids is 1. The first-order valence-electron chi connectivity index (χ1n) is 4.87. The number of carbonyl (C=O) groups is 1. The number of anilines is 1. The zero-order valence-corrected chi connectivity index (χ0v) is 11.6. The molecular weight excluding hydrogens is 286 g/mol. The van der Waals surface area contributed by atoms with Crippen LogP contribution < -0.4 is 10.7 Å². The number of pyridine rings is 1. The van der Waals surface area contributed by atoms with Crippen LogP contribution >= 0.6 is 34.8 Å². The monoisotopic (exact) mass is 297 g/mol. The first-order valence-corrected chi connectivity index (χ1v) is 6.00. The van der Waals surface area contributed by atoms with Crippen molar-refractivity contribution in [1.82, 2.24) is 0 Å². The van der Waals surface area contributed by atoms with Gasteiger partial charge in [0.25, 0.3) is 5.15 Å². The highest BCUT2D eigenvalue weighted by atomic mass is 35.5. The van der Waals surface area contributed by atoms with Gasteiger partial charge in [0.1, 0.15) is 10.0 Å². The molecule has 0 spiro atoms. The van der Waals surface area contributed by atoms with Crippen LogP contribution in [0.3, 0.4) is 0 Å². The minimum absolute atomic E-state index is 0.000725. The van der Waals surface area contributed by atoms with E-state index < -0.39 is 5.97 Å². The summed E-state index contributed by atoms with van der Waals surface area (Å²) in [4.78, 5) is 14.2. The van der Waals surface area contributed by atoms with Gasteiger partial charge in [0, 0.05) is 0 Å². The van der Waals surface area contributed by atoms with Crippen LogP contribution in [-0.2, 0) is 4.74 Å². The Morgan fingerprint density at radius 3 is 2.47 bits per heavy atom. The van der Waals surface area contributed by atoms with Gasteiger partial charge in [0.15, 0.2) is 0 Å². The van der Waals surface area contributed by atoms with Crippen molar-refractivity contribution in [2.45, 2.75) is 13.8 Å². The summed E-state index contributed by atoms with van der Waals surface area (Å²) in [6, 6.07) is 0. The highest BCUT2D eigenvalue weighted by Gasteiger charge is 2.27. The van der Waals surface area contributed by atoms with Crippen LogP contribution in [0.15, 0.2) is 0 Å². The smallest absolute Gasteiger partial charge is 0.405 e. The Bertz CT molecular complexity index is 450. The number of hydrogen-bond donors (Lipinski definition) is 1. The van der Waals surface area contributed by atoms with E-state index in [1.807, 2.05) is 13.8 Å². The van der Waals surface area contributed by atoms with Crippen LogP contribution in [0.4, 0.5) is 5.69 Å². The molecule has 0 aliphatic rings. The summed E-state index contributed by atoms with van der Waals surface area (Å²) in [5.74, 6) is -0.396. The van der Waals surface area contributed by atoms with Gasteiger partial charge < -0.3 is 10.5 Å². The number of esters is 1. The summed E-state index contributed by atoms with van der Waals surface area (Å²) in [5, 5.41) is 0.135. The summed E-state index contributed by atoms with van der Waals surface area (Å²) in [6.07, 6.45) is 0. The first-order chi connectivity index (χ1) is 7.84. The lowest BCUT2D eigenvalue weighted by Crippen LogP contribution is -2.23. The number of aromatic nitrogens is 1. The third-order valence-electron chi connectivity index (χ3n) is 1.87. The maximum atomic E-state index is 11.7. The van der Waals surface area contributed by atoms with E-state index >= 15 is 0 Å². The van der Waals surface area contributed by atoms with E-state index in [9.17, 15) is 4.79 Å². The lowest BCUT2D eigenvalue weighted by Gasteiger charge is -2.06. The SMILES string of the molecule is CC(C)COC(=O)c1[nH+]c(Cl)c(Cl)c(N)c1Cl. The Morgan fingerprint density at radius 2 is 1.94 bits per heavy atom. The van der Waals surface area contributed by atoms with Crippen LogP contribution in [0.2, 0.25) is 15.2 Å². The Balaban J connectivity index is 3.02. The van der Waals surface area contributed by atoms with Gasteiger partial charge in [-0.1, -0.05) is 37.0 Å². The van der Waals surface area contributed by atoms with Crippen LogP contribution in [0.1, 0.15) is 24.3 Å². The van der Waals surface area contributed by atoms with Gasteiger partial charge in [-0.3, -0.25) is 0 Å². The normalized spacial score (nSPS) is 10.7. The molecule has 0 saturated carbocycles. The van der Waals surface area contributed by atoms with Gasteiger partial charge in [-0.15, -0.1) is 0 Å². The standard InChI is InChI=1S/C10H11Cl3N2O2/c1-4(2)3-17-10(16)8-5(11)7(14)6(12)9(13)15-8/h4H,3H2,1-2H3,(H2,14,15)/p+1. The van der Waals surface area contributed by atoms with E-state index in [4.69, 9.17) is 45.3 Å². The zero-order chi connectivity index (χ0) is 13.2. The number of rotatable bonds is 3. The van der Waals surface area contributed by atoms with Crippen molar-refractivity contribution in [3.05, 3.63) is 20.9 Å². The number of nitrogens with two attached hydrogens (primary N) is 1. The van der Waals surface area contributed by atoms with Crippen molar-refractivity contribution in [3.8, 4) is 0 Å². The van der Waals surface area contributed by atoms with Gasteiger partial charge >= 0.3 is 11.7 Å². The Labute approximate surface area is 114 Å². The van der Waals surface area contributed by atoms with Gasteiger partial charge in [0.05, 0.1) is 12.3 Å². The predicted molar refractivity (Wildman–Crippen MR) is 67.6 cm³/mol. The fourth-order valence-corrected chi connectivity index (χ4v) is 1.63. The molecule has 1 rings (SSSR count). The van der Waals surface area contributed by atoms with Gasteiger partial charge in [-0.2, -0.15) is 4.98 Å². The molecule has 1 heterocycles. The Hall–Kier alpha value is -0.710. The first kappa shape index (κ1) is 14.4. The largest absolute Gasteiger partial charge is 0.457 e. The van der Waals surface area contributed by atoms with Crippen LogP contribution in [-0.4, -0.2) is 12.6 Å². The fraction of sp³-hybridized carbons (Fsp3) is 0.400. The molecule has 0 aliphatic heterocycles. The predicted octanol–water partition coefficient (Wildman–Crippen LogP) is 2.86. The van der Waals surface area contributed by atoms with Crippen molar-refractivity contribution in [1.29, 1.82) is 0 Å². The highest BCUT2D eigenvalue weighted by Crippen LogP contribution is 2.32. The molecule has 94 valence electrons. The fourth-order valence-electron chi connectivity index (χ4n) is 1.02. The number of nitrogens with one attached hydrogen (secondary N) is 1. The van der Waals surface area contributed by atoms with Crippen molar-refractivity contribution >= 4 is 46.5 Å². The number of ether oxygens (including phenoxy) is 1. The van der Waals surface area contributed by atoms with Crippen LogP contribution in [0.5, 0.6) is 0 Å². The Kier molecular flexibility index (Phi) is 4.86. The molecule has 7 heteroatoms. The summed E-state index contributed by atoms with van der Waals surface area (Å²) in [5.41, 5.74) is 5.65. The third kappa shape index (κ3) is 3.37. The van der Waals surface area contributed by atoms with Crippen LogP contribution in [0.25, 0.3) is 0 Å². The molecule has 0 bridgehead atoms. The van der Waals surface area contributed by atoms with E-state index in [0.717, 1.165) is 0 Å². The van der Waals surface area contributed by atoms with E-state index in [2.05, 4.69) is 4.98 Å². The van der Waals surface area contributed by atoms with E-state index in [0.29, 0.717) is 0 Å². The minimum atomic E-state index is -0.617. The molecule has 0 aromatic carbocycles. The second-order valence-electron chi connectivity index (χ2n) is 3.85. The summed E-state index contributed by atoms with van der Waals surface area (Å²) < 4.78 is 5.01. The molecule has 0 unspecified atom stereocenters. The number of hydrogen-bond acceptors (Lipinski definition) is 3. The maximum Gasteiger partial charge on any atom is 0.405 e. The van der Waals surface area contributed by atoms with E-state index in [1.165, 1.54) is 0 Å². The van der Waals surface area contributed by atoms with Crippen molar-refractivity contribution in [2.75, 3.05) is 12.3 Å². The summed E-state index contributed by atoms with van der Waals surface area (Å²) >= 11 is 17.4. The molecule has 1 aromatic rings. The second-order valence-corrected chi connectivity index (χ2v) is 4.98. The van der Waals surface area contributed by atoms with Gasteiger partial charge in [0.2, 0.25) is 0 Å². The molecule has 0 fully saturated rings. The van der Waals surface area contributed by atoms with E-state index in [1.54, 1.807) is 0 Å². The number of aromatic amines is 1. The summed E-state index contributed by atoms with van der Waals surface area (Å²) in [6.45, 7) is 4.12. The van der Waals surface area contributed by atoms with Crippen molar-refractivity contribution in [3.63, 3.8) is 0 Å². The molecule has 0 aliphatic carbocycles. The van der Waals surface area contributed by atoms with Crippen molar-refractivity contribution < 1.29 is 14.5 Å². The third-order valence-corrected chi connectivity index (χ3v) is 3.04. The average Bonchev–Trinajstić information content (AvgIpc) is 2.28. The molecule has 3 N–H and O–H groups in total. The molecule has 0 radical (unpaired) electrons. The summed E-state index contributed by atoms with van der Waals surface area (Å²) in [7, 11) is 0. The van der Waals surface area contributed by atoms with Crippen molar-refractivity contribution in [2.24, 2.45) is 5.92 Å². The maximum absolute atomic E-state index is 11.7. The number of nitrogen functional groups attached to an aromatic ring is 1. The average molecular weight is 299 g/mol. The molecule has 0 amide bonds.